The third-order valence-corrected chi connectivity index (χ3v) is 3.61. The molecule has 1 unspecified atom stereocenters. The van der Waals surface area contributed by atoms with Crippen LogP contribution in [0.15, 0.2) is 24.3 Å². The molecule has 21 heavy (non-hydrogen) atoms. The highest BCUT2D eigenvalue weighted by Crippen LogP contribution is 2.19. The number of carbonyl (C=O) groups excluding carboxylic acids is 2. The summed E-state index contributed by atoms with van der Waals surface area (Å²) in [6, 6.07) is 6.17. The van der Waals surface area contributed by atoms with E-state index in [0.717, 1.165) is 0 Å². The van der Waals surface area contributed by atoms with Crippen LogP contribution in [0.1, 0.15) is 18.5 Å². The Morgan fingerprint density at radius 2 is 1.95 bits per heavy atom. The van der Waals surface area contributed by atoms with Crippen LogP contribution in [0, 0.1) is 5.82 Å². The van der Waals surface area contributed by atoms with Gasteiger partial charge in [0.15, 0.2) is 0 Å². The first-order valence-corrected chi connectivity index (χ1v) is 7.02. The van der Waals surface area contributed by atoms with Crippen LogP contribution in [0.3, 0.4) is 0 Å². The van der Waals surface area contributed by atoms with E-state index in [-0.39, 0.29) is 43.3 Å². The second kappa shape index (κ2) is 6.67. The summed E-state index contributed by atoms with van der Waals surface area (Å²) in [6.07, 6.45) is 0. The smallest absolute Gasteiger partial charge is 0.242 e. The van der Waals surface area contributed by atoms with Crippen molar-refractivity contribution < 1.29 is 14.0 Å². The molecule has 0 bridgehead atoms. The molecule has 1 aliphatic rings. The molecule has 1 aliphatic heterocycles. The van der Waals surface area contributed by atoms with Crippen molar-refractivity contribution in [3.63, 3.8) is 0 Å². The highest BCUT2D eigenvalue weighted by molar-refractivity contribution is 5.92. The molecule has 1 aromatic rings. The van der Waals surface area contributed by atoms with Crippen LogP contribution in [0.5, 0.6) is 0 Å². The van der Waals surface area contributed by atoms with Gasteiger partial charge >= 0.3 is 0 Å². The van der Waals surface area contributed by atoms with Crippen LogP contribution in [0.2, 0.25) is 0 Å². The van der Waals surface area contributed by atoms with Crippen LogP contribution in [0.4, 0.5) is 4.39 Å². The van der Waals surface area contributed by atoms with Crippen molar-refractivity contribution in [1.29, 1.82) is 0 Å². The molecule has 1 heterocycles. The molecule has 114 valence electrons. The minimum atomic E-state index is -0.323. The van der Waals surface area contributed by atoms with Gasteiger partial charge in [0.05, 0.1) is 19.1 Å². The normalized spacial score (nSPS) is 17.3. The summed E-state index contributed by atoms with van der Waals surface area (Å²) in [4.78, 5) is 26.6. The molecule has 0 aromatic heterocycles. The van der Waals surface area contributed by atoms with Gasteiger partial charge in [-0.3, -0.25) is 9.59 Å². The van der Waals surface area contributed by atoms with Crippen molar-refractivity contribution in [2.24, 2.45) is 0 Å². The number of nitrogens with one attached hydrogen (secondary N) is 1. The molecule has 1 atom stereocenters. The maximum Gasteiger partial charge on any atom is 0.242 e. The Morgan fingerprint density at radius 3 is 2.62 bits per heavy atom. The van der Waals surface area contributed by atoms with Crippen molar-refractivity contribution in [3.8, 4) is 0 Å². The summed E-state index contributed by atoms with van der Waals surface area (Å²) in [6.45, 7) is 2.98. The van der Waals surface area contributed by atoms with Crippen molar-refractivity contribution in [2.75, 3.05) is 33.2 Å². The van der Waals surface area contributed by atoms with Gasteiger partial charge in [-0.05, 0) is 12.6 Å². The second-order valence-corrected chi connectivity index (χ2v) is 5.16. The second-order valence-electron chi connectivity index (χ2n) is 5.16. The topological polar surface area (TPSA) is 52.7 Å². The van der Waals surface area contributed by atoms with E-state index in [1.165, 1.54) is 15.9 Å². The number of rotatable bonds is 5. The van der Waals surface area contributed by atoms with E-state index in [2.05, 4.69) is 5.32 Å². The zero-order chi connectivity index (χ0) is 15.4. The Hall–Kier alpha value is -1.95. The fourth-order valence-electron chi connectivity index (χ4n) is 2.43. The Balaban J connectivity index is 2.15. The highest BCUT2D eigenvalue weighted by atomic mass is 19.1. The first-order valence-electron chi connectivity index (χ1n) is 7.02. The highest BCUT2D eigenvalue weighted by Gasteiger charge is 2.29. The zero-order valence-corrected chi connectivity index (χ0v) is 12.3. The summed E-state index contributed by atoms with van der Waals surface area (Å²) in [5.74, 6) is -0.522. The molecule has 1 fully saturated rings. The van der Waals surface area contributed by atoms with Gasteiger partial charge < -0.3 is 15.1 Å². The van der Waals surface area contributed by atoms with Gasteiger partial charge in [0, 0.05) is 19.2 Å². The van der Waals surface area contributed by atoms with Gasteiger partial charge in [0.1, 0.15) is 5.82 Å². The number of hydrogen-bond donors (Lipinski definition) is 1. The fraction of sp³-hybridized carbons (Fsp3) is 0.467. The van der Waals surface area contributed by atoms with E-state index in [0.29, 0.717) is 12.1 Å². The standard InChI is InChI=1S/C15H20FN3O2/c1-3-17-13(11-6-4-5-7-12(11)16)8-19-10-14(20)18(2)9-15(19)21/h4-7,13,17H,3,8-10H2,1-2H3. The molecule has 0 radical (unpaired) electrons. The van der Waals surface area contributed by atoms with E-state index in [1.54, 1.807) is 25.2 Å². The largest absolute Gasteiger partial charge is 0.335 e. The maximum absolute atomic E-state index is 13.9. The Kier molecular flexibility index (Phi) is 4.90. The summed E-state index contributed by atoms with van der Waals surface area (Å²) in [5, 5.41) is 3.17. The molecule has 0 saturated carbocycles. The summed E-state index contributed by atoms with van der Waals surface area (Å²) in [7, 11) is 1.61. The number of benzene rings is 1. The van der Waals surface area contributed by atoms with E-state index < -0.39 is 0 Å². The van der Waals surface area contributed by atoms with Gasteiger partial charge in [0.2, 0.25) is 11.8 Å². The first kappa shape index (κ1) is 15.4. The summed E-state index contributed by atoms with van der Waals surface area (Å²) in [5.41, 5.74) is 0.513. The number of hydrogen-bond acceptors (Lipinski definition) is 3. The molecule has 0 spiro atoms. The average molecular weight is 293 g/mol. The van der Waals surface area contributed by atoms with Crippen LogP contribution in [-0.4, -0.2) is 54.8 Å². The molecular weight excluding hydrogens is 273 g/mol. The monoisotopic (exact) mass is 293 g/mol. The molecule has 6 heteroatoms. The SMILES string of the molecule is CCNC(CN1CC(=O)N(C)CC1=O)c1ccccc1F. The lowest BCUT2D eigenvalue weighted by atomic mass is 10.0. The minimum Gasteiger partial charge on any atom is -0.335 e. The van der Waals surface area contributed by atoms with Gasteiger partial charge in [-0.25, -0.2) is 4.39 Å². The molecule has 5 nitrogen and oxygen atoms in total. The Labute approximate surface area is 123 Å². The van der Waals surface area contributed by atoms with Crippen molar-refractivity contribution in [3.05, 3.63) is 35.6 Å². The van der Waals surface area contributed by atoms with E-state index >= 15 is 0 Å². The number of halogens is 1. The molecule has 1 aromatic carbocycles. The fourth-order valence-corrected chi connectivity index (χ4v) is 2.43. The number of likely N-dealkylation sites (N-methyl/N-ethyl adjacent to an activating group) is 2. The van der Waals surface area contributed by atoms with Gasteiger partial charge in [-0.1, -0.05) is 25.1 Å². The Bertz CT molecular complexity index is 535. The van der Waals surface area contributed by atoms with Crippen molar-refractivity contribution in [2.45, 2.75) is 13.0 Å². The van der Waals surface area contributed by atoms with Gasteiger partial charge in [0.25, 0.3) is 0 Å². The predicted octanol–water partition coefficient (Wildman–Crippen LogP) is 0.777. The number of carbonyl (C=O) groups is 2. The molecule has 2 rings (SSSR count). The lowest BCUT2D eigenvalue weighted by Crippen LogP contribution is -2.54. The third kappa shape index (κ3) is 3.58. The predicted molar refractivity (Wildman–Crippen MR) is 77.0 cm³/mol. The van der Waals surface area contributed by atoms with Crippen LogP contribution in [-0.2, 0) is 9.59 Å². The quantitative estimate of drug-likeness (QED) is 0.873. The molecular formula is C15H20FN3O2. The van der Waals surface area contributed by atoms with E-state index in [4.69, 9.17) is 0 Å². The molecule has 0 aliphatic carbocycles. The van der Waals surface area contributed by atoms with Crippen LogP contribution >= 0.6 is 0 Å². The lowest BCUT2D eigenvalue weighted by molar-refractivity contribution is -0.149. The minimum absolute atomic E-state index is 0.0473. The number of amides is 2. The van der Waals surface area contributed by atoms with E-state index in [9.17, 15) is 14.0 Å². The molecule has 1 N–H and O–H groups in total. The Morgan fingerprint density at radius 1 is 1.24 bits per heavy atom. The third-order valence-electron chi connectivity index (χ3n) is 3.61. The first-order chi connectivity index (χ1) is 10.0. The van der Waals surface area contributed by atoms with E-state index in [1.807, 2.05) is 6.92 Å². The average Bonchev–Trinajstić information content (AvgIpc) is 2.44. The van der Waals surface area contributed by atoms with Crippen LogP contribution < -0.4 is 5.32 Å². The van der Waals surface area contributed by atoms with Crippen LogP contribution in [0.25, 0.3) is 0 Å². The van der Waals surface area contributed by atoms with Gasteiger partial charge in [-0.2, -0.15) is 0 Å². The number of nitrogens with zero attached hydrogens (tertiary/aromatic N) is 2. The zero-order valence-electron chi connectivity index (χ0n) is 12.3. The maximum atomic E-state index is 13.9. The molecule has 1 saturated heterocycles. The molecule has 2 amide bonds. The van der Waals surface area contributed by atoms with Crippen molar-refractivity contribution >= 4 is 11.8 Å². The summed E-state index contributed by atoms with van der Waals surface area (Å²) < 4.78 is 13.9. The summed E-state index contributed by atoms with van der Waals surface area (Å²) >= 11 is 0. The van der Waals surface area contributed by atoms with Gasteiger partial charge in [-0.15, -0.1) is 0 Å². The van der Waals surface area contributed by atoms with Crippen molar-refractivity contribution in [1.82, 2.24) is 15.1 Å². The lowest BCUT2D eigenvalue weighted by Gasteiger charge is -2.34. The number of piperazine rings is 1.